The Balaban J connectivity index is 1.52. The van der Waals surface area contributed by atoms with Crippen LogP contribution in [0.15, 0.2) is 30.3 Å². The molecule has 2 saturated heterocycles. The highest BCUT2D eigenvalue weighted by Gasteiger charge is 2.38. The molecule has 0 radical (unpaired) electrons. The summed E-state index contributed by atoms with van der Waals surface area (Å²) in [5.41, 5.74) is 1.03. The molecule has 1 aromatic rings. The number of hydrogen-bond acceptors (Lipinski definition) is 3. The Morgan fingerprint density at radius 1 is 1.28 bits per heavy atom. The van der Waals surface area contributed by atoms with Crippen LogP contribution in [0.25, 0.3) is 6.08 Å². The summed E-state index contributed by atoms with van der Waals surface area (Å²) in [4.78, 5) is 16.8. The van der Waals surface area contributed by atoms with E-state index >= 15 is 0 Å². The first-order valence-electron chi connectivity index (χ1n) is 9.26. The quantitative estimate of drug-likeness (QED) is 0.860. The summed E-state index contributed by atoms with van der Waals surface area (Å²) in [5, 5.41) is 3.15. The largest absolute Gasteiger partial charge is 0.338 e. The lowest BCUT2D eigenvalue weighted by Crippen LogP contribution is -2.57. The highest BCUT2D eigenvalue weighted by Crippen LogP contribution is 2.31. The minimum absolute atomic E-state index is 0.200. The predicted molar refractivity (Wildman–Crippen MR) is 98.6 cm³/mol. The Kier molecular flexibility index (Phi) is 6.21. The predicted octanol–water partition coefficient (Wildman–Crippen LogP) is 2.37. The van der Waals surface area contributed by atoms with Crippen molar-refractivity contribution >= 4 is 12.0 Å². The second-order valence-electron chi connectivity index (χ2n) is 7.06. The van der Waals surface area contributed by atoms with Gasteiger partial charge in [0.05, 0.1) is 0 Å². The Bertz CT molecular complexity index is 601. The van der Waals surface area contributed by atoms with E-state index in [4.69, 9.17) is 0 Å². The van der Waals surface area contributed by atoms with Gasteiger partial charge in [0.15, 0.2) is 0 Å². The van der Waals surface area contributed by atoms with Gasteiger partial charge >= 0.3 is 0 Å². The molecule has 2 aliphatic rings. The van der Waals surface area contributed by atoms with Gasteiger partial charge in [0.2, 0.25) is 5.91 Å². The normalized spacial score (nSPS) is 24.7. The Morgan fingerprint density at radius 2 is 2.08 bits per heavy atom. The summed E-state index contributed by atoms with van der Waals surface area (Å²) in [6.07, 6.45) is 6.96. The van der Waals surface area contributed by atoms with E-state index in [1.54, 1.807) is 12.1 Å². The number of fused-ring (bicyclic) bond motifs is 1. The van der Waals surface area contributed by atoms with Crippen molar-refractivity contribution in [2.45, 2.75) is 25.3 Å². The van der Waals surface area contributed by atoms with Gasteiger partial charge in [-0.15, -0.1) is 0 Å². The molecular formula is C20H28FN3O. The van der Waals surface area contributed by atoms with Crippen molar-refractivity contribution in [3.63, 3.8) is 0 Å². The molecule has 1 N–H and O–H groups in total. The van der Waals surface area contributed by atoms with Crippen molar-refractivity contribution < 1.29 is 9.18 Å². The fourth-order valence-corrected chi connectivity index (χ4v) is 4.03. The number of carbonyl (C=O) groups is 1. The van der Waals surface area contributed by atoms with Crippen LogP contribution < -0.4 is 5.32 Å². The molecule has 0 bridgehead atoms. The summed E-state index contributed by atoms with van der Waals surface area (Å²) >= 11 is 0. The van der Waals surface area contributed by atoms with Crippen molar-refractivity contribution in [1.82, 2.24) is 15.1 Å². The first kappa shape index (κ1) is 18.1. The maximum absolute atomic E-state index is 12.9. The van der Waals surface area contributed by atoms with E-state index in [1.165, 1.54) is 12.1 Å². The topological polar surface area (TPSA) is 35.6 Å². The third kappa shape index (κ3) is 4.67. The molecule has 2 fully saturated rings. The van der Waals surface area contributed by atoms with Crippen molar-refractivity contribution in [3.05, 3.63) is 41.7 Å². The van der Waals surface area contributed by atoms with Crippen LogP contribution in [0.4, 0.5) is 4.39 Å². The number of carbonyl (C=O) groups excluding carboxylic acids is 1. The van der Waals surface area contributed by atoms with Gasteiger partial charge in [-0.1, -0.05) is 24.3 Å². The number of hydrogen-bond donors (Lipinski definition) is 1. The minimum Gasteiger partial charge on any atom is -0.338 e. The average Bonchev–Trinajstić information content (AvgIpc) is 2.63. The number of likely N-dealkylation sites (tertiary alicyclic amines) is 2. The molecule has 0 aliphatic carbocycles. The number of benzene rings is 1. The van der Waals surface area contributed by atoms with Gasteiger partial charge in [-0.05, 0) is 43.5 Å². The lowest BCUT2D eigenvalue weighted by molar-refractivity contribution is -0.140. The number of nitrogens with zero attached hydrogens (tertiary/aromatic N) is 2. The first-order valence-corrected chi connectivity index (χ1v) is 9.26. The first-order chi connectivity index (χ1) is 12.2. The molecule has 1 aromatic carbocycles. The van der Waals surface area contributed by atoms with E-state index in [0.29, 0.717) is 24.3 Å². The van der Waals surface area contributed by atoms with Crippen LogP contribution in [-0.2, 0) is 4.79 Å². The highest BCUT2D eigenvalue weighted by molar-refractivity contribution is 5.77. The molecule has 1 amide bonds. The number of nitrogens with one attached hydrogen (secondary N) is 1. The van der Waals surface area contributed by atoms with Gasteiger partial charge in [0, 0.05) is 45.2 Å². The van der Waals surface area contributed by atoms with Crippen LogP contribution in [0.5, 0.6) is 0 Å². The lowest BCUT2D eigenvalue weighted by atomic mass is 9.83. The van der Waals surface area contributed by atoms with Crippen LogP contribution in [0, 0.1) is 11.7 Å². The van der Waals surface area contributed by atoms with E-state index in [2.05, 4.69) is 27.3 Å². The molecule has 2 heterocycles. The summed E-state index contributed by atoms with van der Waals surface area (Å²) in [6, 6.07) is 6.98. The van der Waals surface area contributed by atoms with Crippen LogP contribution in [0.2, 0.25) is 0 Å². The zero-order valence-corrected chi connectivity index (χ0v) is 15.0. The molecule has 2 atom stereocenters. The SMILES string of the molecule is CNCCN1C(=O)CC[C@H]2CN(CC=Cc3ccc(F)cc3)CC[C@H]21. The van der Waals surface area contributed by atoms with E-state index in [0.717, 1.165) is 51.1 Å². The Morgan fingerprint density at radius 3 is 2.84 bits per heavy atom. The molecule has 2 aliphatic heterocycles. The molecule has 136 valence electrons. The average molecular weight is 345 g/mol. The van der Waals surface area contributed by atoms with Crippen molar-refractivity contribution in [2.24, 2.45) is 5.92 Å². The zero-order chi connectivity index (χ0) is 17.6. The Labute approximate surface area is 149 Å². The van der Waals surface area contributed by atoms with Gasteiger partial charge in [0.25, 0.3) is 0 Å². The van der Waals surface area contributed by atoms with E-state index < -0.39 is 0 Å². The lowest BCUT2D eigenvalue weighted by Gasteiger charge is -2.47. The third-order valence-corrected chi connectivity index (χ3v) is 5.37. The number of rotatable bonds is 6. The molecule has 0 spiro atoms. The number of amides is 1. The van der Waals surface area contributed by atoms with Crippen LogP contribution >= 0.6 is 0 Å². The van der Waals surface area contributed by atoms with E-state index in [1.807, 2.05) is 7.05 Å². The van der Waals surface area contributed by atoms with Crippen molar-refractivity contribution in [2.75, 3.05) is 39.8 Å². The van der Waals surface area contributed by atoms with Crippen LogP contribution in [-0.4, -0.2) is 61.5 Å². The molecule has 0 saturated carbocycles. The molecule has 3 rings (SSSR count). The summed E-state index contributed by atoms with van der Waals surface area (Å²) in [5.74, 6) is 0.706. The van der Waals surface area contributed by atoms with Gasteiger partial charge in [-0.3, -0.25) is 9.69 Å². The second kappa shape index (κ2) is 8.59. The monoisotopic (exact) mass is 345 g/mol. The molecule has 4 nitrogen and oxygen atoms in total. The molecule has 0 aromatic heterocycles. The maximum atomic E-state index is 12.9. The van der Waals surface area contributed by atoms with Gasteiger partial charge in [-0.25, -0.2) is 4.39 Å². The minimum atomic E-state index is -0.200. The summed E-state index contributed by atoms with van der Waals surface area (Å²) in [7, 11) is 1.93. The summed E-state index contributed by atoms with van der Waals surface area (Å²) in [6.45, 7) is 4.67. The number of halogens is 1. The van der Waals surface area contributed by atoms with Crippen molar-refractivity contribution in [1.29, 1.82) is 0 Å². The van der Waals surface area contributed by atoms with Crippen molar-refractivity contribution in [3.8, 4) is 0 Å². The van der Waals surface area contributed by atoms with Gasteiger partial charge < -0.3 is 10.2 Å². The molecule has 0 unspecified atom stereocenters. The van der Waals surface area contributed by atoms with E-state index in [-0.39, 0.29) is 5.82 Å². The number of piperidine rings is 2. The Hall–Kier alpha value is -1.72. The van der Waals surface area contributed by atoms with Gasteiger partial charge in [-0.2, -0.15) is 0 Å². The molecule has 5 heteroatoms. The number of likely N-dealkylation sites (N-methyl/N-ethyl adjacent to an activating group) is 1. The third-order valence-electron chi connectivity index (χ3n) is 5.37. The smallest absolute Gasteiger partial charge is 0.222 e. The fraction of sp³-hybridized carbons (Fsp3) is 0.550. The van der Waals surface area contributed by atoms with Crippen LogP contribution in [0.1, 0.15) is 24.8 Å². The molecule has 25 heavy (non-hydrogen) atoms. The highest BCUT2D eigenvalue weighted by atomic mass is 19.1. The van der Waals surface area contributed by atoms with Crippen LogP contribution in [0.3, 0.4) is 0 Å². The fourth-order valence-electron chi connectivity index (χ4n) is 4.03. The second-order valence-corrected chi connectivity index (χ2v) is 7.06. The van der Waals surface area contributed by atoms with Gasteiger partial charge in [0.1, 0.15) is 5.82 Å². The summed E-state index contributed by atoms with van der Waals surface area (Å²) < 4.78 is 12.9. The zero-order valence-electron chi connectivity index (χ0n) is 15.0. The maximum Gasteiger partial charge on any atom is 0.222 e. The van der Waals surface area contributed by atoms with E-state index in [9.17, 15) is 9.18 Å². The standard InChI is InChI=1S/C20H28FN3O/c1-22-11-14-24-19-10-13-23(15-17(19)6-9-20(24)25)12-2-3-16-4-7-18(21)8-5-16/h2-5,7-8,17,19,22H,6,9-15H2,1H3/t17-,19+/m0/s1. The molecular weight excluding hydrogens is 317 g/mol.